The maximum absolute atomic E-state index is 12.8. The van der Waals surface area contributed by atoms with Crippen LogP contribution in [0.2, 0.25) is 0 Å². The van der Waals surface area contributed by atoms with E-state index in [4.69, 9.17) is 4.74 Å². The summed E-state index contributed by atoms with van der Waals surface area (Å²) in [5.74, 6) is -1.49. The molecule has 2 rings (SSSR count). The number of hydrogen-bond acceptors (Lipinski definition) is 6. The fourth-order valence-electron chi connectivity index (χ4n) is 2.86. The molecule has 2 aromatic carbocycles. The maximum Gasteiger partial charge on any atom is 0.416 e. The third kappa shape index (κ3) is 6.43. The van der Waals surface area contributed by atoms with Crippen LogP contribution in [0.5, 0.6) is 5.75 Å². The van der Waals surface area contributed by atoms with Crippen LogP contribution < -0.4 is 10.1 Å². The average molecular weight is 440 g/mol. The third-order valence-electron chi connectivity index (χ3n) is 4.32. The van der Waals surface area contributed by atoms with Crippen molar-refractivity contribution in [1.29, 1.82) is 0 Å². The molecule has 2 aromatic rings. The number of halogens is 3. The highest BCUT2D eigenvalue weighted by molar-refractivity contribution is 5.85. The van der Waals surface area contributed by atoms with E-state index in [2.05, 4.69) is 10.1 Å². The molecule has 1 N–H and O–H groups in total. The van der Waals surface area contributed by atoms with Crippen LogP contribution in [0.25, 0.3) is 0 Å². The predicted molar refractivity (Wildman–Crippen MR) is 102 cm³/mol. The van der Waals surface area contributed by atoms with E-state index in [1.807, 2.05) is 0 Å². The first kappa shape index (κ1) is 23.6. The Labute approximate surface area is 175 Å². The molecule has 0 unspecified atom stereocenters. The highest BCUT2D eigenvalue weighted by Crippen LogP contribution is 2.30. The molecule has 0 heterocycles. The van der Waals surface area contributed by atoms with Gasteiger partial charge in [-0.25, -0.2) is 4.79 Å². The highest BCUT2D eigenvalue weighted by Gasteiger charge is 2.30. The molecule has 1 atom stereocenters. The molecule has 0 fully saturated rings. The number of carbonyl (C=O) groups is 2. The Bertz CT molecular complexity index is 978. The van der Waals surface area contributed by atoms with Gasteiger partial charge in [0, 0.05) is 12.5 Å². The second kappa shape index (κ2) is 9.92. The van der Waals surface area contributed by atoms with Crippen molar-refractivity contribution < 1.29 is 37.2 Å². The van der Waals surface area contributed by atoms with Crippen LogP contribution in [0.1, 0.15) is 16.7 Å². The first-order valence-electron chi connectivity index (χ1n) is 8.89. The minimum absolute atomic E-state index is 0.0250. The summed E-state index contributed by atoms with van der Waals surface area (Å²) in [6.07, 6.45) is -5.09. The lowest BCUT2D eigenvalue weighted by atomic mass is 10.0. The number of methoxy groups -OCH3 is 2. The molecule has 31 heavy (non-hydrogen) atoms. The van der Waals surface area contributed by atoms with Gasteiger partial charge in [0.05, 0.1) is 31.1 Å². The third-order valence-corrected chi connectivity index (χ3v) is 4.32. The Morgan fingerprint density at radius 2 is 1.84 bits per heavy atom. The van der Waals surface area contributed by atoms with Gasteiger partial charge in [-0.2, -0.15) is 13.2 Å². The lowest BCUT2D eigenvalue weighted by Gasteiger charge is -2.17. The minimum Gasteiger partial charge on any atom is -0.490 e. The van der Waals surface area contributed by atoms with Crippen LogP contribution >= 0.6 is 0 Å². The Kier molecular flexibility index (Phi) is 7.56. The van der Waals surface area contributed by atoms with Gasteiger partial charge in [-0.1, -0.05) is 24.3 Å². The van der Waals surface area contributed by atoms with Crippen LogP contribution in [0.4, 0.5) is 18.9 Å². The van der Waals surface area contributed by atoms with Crippen LogP contribution in [0, 0.1) is 10.1 Å². The van der Waals surface area contributed by atoms with Gasteiger partial charge in [-0.15, -0.1) is 0 Å². The Morgan fingerprint density at radius 1 is 1.13 bits per heavy atom. The standard InChI is InChI=1S/C20H19F3N2O6/c1-30-17-7-6-13(10-16(17)25(28)29)9-15(19(27)31-2)24-18(26)11-12-4-3-5-14(8-12)20(21,22)23/h3-8,10,15H,9,11H2,1-2H3,(H,24,26)/t15-/m1/s1. The van der Waals surface area contributed by atoms with Gasteiger partial charge in [-0.3, -0.25) is 14.9 Å². The molecule has 0 aromatic heterocycles. The fraction of sp³-hybridized carbons (Fsp3) is 0.300. The van der Waals surface area contributed by atoms with Crippen molar-refractivity contribution in [3.8, 4) is 5.75 Å². The topological polar surface area (TPSA) is 108 Å². The summed E-state index contributed by atoms with van der Waals surface area (Å²) in [7, 11) is 2.37. The average Bonchev–Trinajstić information content (AvgIpc) is 2.72. The first-order chi connectivity index (χ1) is 14.5. The Morgan fingerprint density at radius 3 is 2.42 bits per heavy atom. The number of esters is 1. The van der Waals surface area contributed by atoms with Crippen molar-refractivity contribution in [3.63, 3.8) is 0 Å². The van der Waals surface area contributed by atoms with E-state index in [1.54, 1.807) is 0 Å². The molecule has 0 spiro atoms. The van der Waals surface area contributed by atoms with E-state index in [1.165, 1.54) is 37.4 Å². The molecule has 166 valence electrons. The van der Waals surface area contributed by atoms with Crippen molar-refractivity contribution >= 4 is 17.6 Å². The number of ether oxygens (including phenoxy) is 2. The summed E-state index contributed by atoms with van der Waals surface area (Å²) in [5.41, 5.74) is -0.759. The van der Waals surface area contributed by atoms with E-state index in [9.17, 15) is 32.9 Å². The number of nitrogens with zero attached hydrogens (tertiary/aromatic N) is 1. The van der Waals surface area contributed by atoms with Crippen molar-refractivity contribution in [2.45, 2.75) is 25.1 Å². The van der Waals surface area contributed by atoms with Gasteiger partial charge in [0.25, 0.3) is 0 Å². The zero-order valence-corrected chi connectivity index (χ0v) is 16.6. The van der Waals surface area contributed by atoms with Gasteiger partial charge in [0.2, 0.25) is 5.91 Å². The molecule has 11 heteroatoms. The molecule has 0 saturated heterocycles. The van der Waals surface area contributed by atoms with Gasteiger partial charge in [0.1, 0.15) is 6.04 Å². The van der Waals surface area contributed by atoms with Gasteiger partial charge >= 0.3 is 17.8 Å². The molecule has 0 bridgehead atoms. The van der Waals surface area contributed by atoms with Crippen LogP contribution in [0.15, 0.2) is 42.5 Å². The Hall–Kier alpha value is -3.63. The molecule has 0 aliphatic carbocycles. The van der Waals surface area contributed by atoms with Crippen molar-refractivity contribution in [1.82, 2.24) is 5.32 Å². The van der Waals surface area contributed by atoms with Crippen molar-refractivity contribution in [2.75, 3.05) is 14.2 Å². The van der Waals surface area contributed by atoms with E-state index < -0.39 is 41.0 Å². The second-order valence-corrected chi connectivity index (χ2v) is 6.49. The van der Waals surface area contributed by atoms with E-state index >= 15 is 0 Å². The summed E-state index contributed by atoms with van der Waals surface area (Å²) >= 11 is 0. The summed E-state index contributed by atoms with van der Waals surface area (Å²) < 4.78 is 48.1. The summed E-state index contributed by atoms with van der Waals surface area (Å²) in [6, 6.07) is 7.11. The smallest absolute Gasteiger partial charge is 0.416 e. The number of amides is 1. The molecule has 8 nitrogen and oxygen atoms in total. The van der Waals surface area contributed by atoms with E-state index in [0.29, 0.717) is 5.56 Å². The minimum atomic E-state index is -4.55. The number of nitrogens with one attached hydrogen (secondary N) is 1. The predicted octanol–water partition coefficient (Wildman–Crippen LogP) is 3.07. The van der Waals surface area contributed by atoms with E-state index in [0.717, 1.165) is 19.2 Å². The normalized spacial score (nSPS) is 12.0. The first-order valence-corrected chi connectivity index (χ1v) is 8.89. The van der Waals surface area contributed by atoms with Gasteiger partial charge in [0.15, 0.2) is 5.75 Å². The number of carbonyl (C=O) groups excluding carboxylic acids is 2. The lowest BCUT2D eigenvalue weighted by molar-refractivity contribution is -0.385. The molecule has 0 aliphatic heterocycles. The second-order valence-electron chi connectivity index (χ2n) is 6.49. The van der Waals surface area contributed by atoms with Crippen LogP contribution in [-0.2, 0) is 33.3 Å². The van der Waals surface area contributed by atoms with Gasteiger partial charge < -0.3 is 14.8 Å². The highest BCUT2D eigenvalue weighted by atomic mass is 19.4. The molecule has 1 amide bonds. The number of nitro groups is 1. The number of rotatable bonds is 8. The maximum atomic E-state index is 12.8. The van der Waals surface area contributed by atoms with Crippen LogP contribution in [-0.4, -0.2) is 37.1 Å². The molecule has 0 radical (unpaired) electrons. The molecular weight excluding hydrogens is 421 g/mol. The molecule has 0 saturated carbocycles. The van der Waals surface area contributed by atoms with Crippen molar-refractivity contribution in [2.24, 2.45) is 0 Å². The SMILES string of the molecule is COC(=O)[C@@H](Cc1ccc(OC)c([N+](=O)[O-])c1)NC(=O)Cc1cccc(C(F)(F)F)c1. The number of alkyl halides is 3. The van der Waals surface area contributed by atoms with Gasteiger partial charge in [-0.05, 0) is 23.3 Å². The monoisotopic (exact) mass is 440 g/mol. The number of nitro benzene ring substituents is 1. The summed E-state index contributed by atoms with van der Waals surface area (Å²) in [6.45, 7) is 0. The summed E-state index contributed by atoms with van der Waals surface area (Å²) in [4.78, 5) is 34.9. The quantitative estimate of drug-likeness (QED) is 0.384. The Balaban J connectivity index is 2.17. The van der Waals surface area contributed by atoms with Crippen LogP contribution in [0.3, 0.4) is 0 Å². The summed E-state index contributed by atoms with van der Waals surface area (Å²) in [5, 5.41) is 13.6. The zero-order valence-electron chi connectivity index (χ0n) is 16.6. The number of hydrogen-bond donors (Lipinski definition) is 1. The molecule has 0 aliphatic rings. The fourth-order valence-corrected chi connectivity index (χ4v) is 2.86. The van der Waals surface area contributed by atoms with E-state index in [-0.39, 0.29) is 23.4 Å². The number of benzene rings is 2. The lowest BCUT2D eigenvalue weighted by Crippen LogP contribution is -2.43. The largest absolute Gasteiger partial charge is 0.490 e. The van der Waals surface area contributed by atoms with Crippen molar-refractivity contribution in [3.05, 3.63) is 69.3 Å². The molecular formula is C20H19F3N2O6. The zero-order chi connectivity index (χ0) is 23.2.